The molecule has 0 spiro atoms. The number of rotatable bonds is 3. The standard InChI is InChI=1S/C12H16ClNS/c1-8(14)12(5-6-12)9-3-4-11(15-2)10(13)7-9/h3-4,7-8H,5-6,14H2,1-2H3. The van der Waals surface area contributed by atoms with Gasteiger partial charge in [0.2, 0.25) is 0 Å². The molecule has 2 N–H and O–H groups in total. The van der Waals surface area contributed by atoms with Gasteiger partial charge < -0.3 is 5.73 Å². The molecule has 1 aromatic rings. The van der Waals surface area contributed by atoms with Crippen molar-refractivity contribution in [3.63, 3.8) is 0 Å². The van der Waals surface area contributed by atoms with Gasteiger partial charge in [-0.05, 0) is 43.7 Å². The summed E-state index contributed by atoms with van der Waals surface area (Å²) in [5.74, 6) is 0. The fraction of sp³-hybridized carbons (Fsp3) is 0.500. The largest absolute Gasteiger partial charge is 0.327 e. The predicted octanol–water partition coefficient (Wildman–Crippen LogP) is 3.44. The number of thioether (sulfide) groups is 1. The average Bonchev–Trinajstić information content (AvgIpc) is 2.98. The summed E-state index contributed by atoms with van der Waals surface area (Å²) in [6, 6.07) is 6.58. The Labute approximate surface area is 100 Å². The Morgan fingerprint density at radius 1 is 1.47 bits per heavy atom. The highest BCUT2D eigenvalue weighted by Crippen LogP contribution is 2.51. The molecule has 1 aromatic carbocycles. The summed E-state index contributed by atoms with van der Waals surface area (Å²) in [4.78, 5) is 1.14. The maximum absolute atomic E-state index is 6.21. The van der Waals surface area contributed by atoms with Crippen LogP contribution >= 0.6 is 23.4 Å². The molecule has 3 heteroatoms. The van der Waals surface area contributed by atoms with E-state index in [2.05, 4.69) is 25.1 Å². The number of hydrogen-bond acceptors (Lipinski definition) is 2. The minimum Gasteiger partial charge on any atom is -0.327 e. The SMILES string of the molecule is CSc1ccc(C2(C(C)N)CC2)cc1Cl. The van der Waals surface area contributed by atoms with Crippen molar-refractivity contribution in [1.82, 2.24) is 0 Å². The average molecular weight is 242 g/mol. The number of hydrogen-bond donors (Lipinski definition) is 1. The number of halogens is 1. The van der Waals surface area contributed by atoms with Crippen LogP contribution in [0.3, 0.4) is 0 Å². The van der Waals surface area contributed by atoms with Crippen molar-refractivity contribution < 1.29 is 0 Å². The van der Waals surface area contributed by atoms with E-state index in [1.807, 2.05) is 6.26 Å². The summed E-state index contributed by atoms with van der Waals surface area (Å²) in [7, 11) is 0. The highest BCUT2D eigenvalue weighted by Gasteiger charge is 2.47. The van der Waals surface area contributed by atoms with Gasteiger partial charge in [0.25, 0.3) is 0 Å². The second kappa shape index (κ2) is 4.00. The fourth-order valence-corrected chi connectivity index (χ4v) is 2.99. The third kappa shape index (κ3) is 1.91. The molecule has 0 bridgehead atoms. The predicted molar refractivity (Wildman–Crippen MR) is 67.8 cm³/mol. The van der Waals surface area contributed by atoms with Gasteiger partial charge in [-0.1, -0.05) is 17.7 Å². The summed E-state index contributed by atoms with van der Waals surface area (Å²) in [5.41, 5.74) is 7.55. The van der Waals surface area contributed by atoms with E-state index in [0.29, 0.717) is 0 Å². The molecule has 82 valence electrons. The van der Waals surface area contributed by atoms with Gasteiger partial charge in [0, 0.05) is 16.4 Å². The topological polar surface area (TPSA) is 26.0 Å². The molecule has 0 aromatic heterocycles. The van der Waals surface area contributed by atoms with Gasteiger partial charge in [-0.2, -0.15) is 0 Å². The Bertz CT molecular complexity index is 372. The second-order valence-electron chi connectivity index (χ2n) is 4.29. The van der Waals surface area contributed by atoms with Gasteiger partial charge in [0.1, 0.15) is 0 Å². The third-order valence-electron chi connectivity index (χ3n) is 3.39. The van der Waals surface area contributed by atoms with Crippen LogP contribution < -0.4 is 5.73 Å². The zero-order valence-corrected chi connectivity index (χ0v) is 10.7. The highest BCUT2D eigenvalue weighted by molar-refractivity contribution is 7.98. The first-order chi connectivity index (χ1) is 7.10. The van der Waals surface area contributed by atoms with Crippen LogP contribution in [0.2, 0.25) is 5.02 Å². The van der Waals surface area contributed by atoms with Gasteiger partial charge >= 0.3 is 0 Å². The molecule has 1 saturated carbocycles. The van der Waals surface area contributed by atoms with Crippen molar-refractivity contribution >= 4 is 23.4 Å². The lowest BCUT2D eigenvalue weighted by molar-refractivity contribution is 0.556. The van der Waals surface area contributed by atoms with Crippen LogP contribution in [0, 0.1) is 0 Å². The van der Waals surface area contributed by atoms with E-state index < -0.39 is 0 Å². The molecule has 0 saturated heterocycles. The Kier molecular flexibility index (Phi) is 3.02. The van der Waals surface area contributed by atoms with Crippen LogP contribution in [0.25, 0.3) is 0 Å². The molecule has 1 fully saturated rings. The fourth-order valence-electron chi connectivity index (χ4n) is 2.12. The van der Waals surface area contributed by atoms with Gasteiger partial charge in [-0.3, -0.25) is 0 Å². The Hall–Kier alpha value is -0.180. The van der Waals surface area contributed by atoms with E-state index in [4.69, 9.17) is 17.3 Å². The van der Waals surface area contributed by atoms with Crippen molar-refractivity contribution in [2.45, 2.75) is 36.1 Å². The molecule has 15 heavy (non-hydrogen) atoms. The summed E-state index contributed by atoms with van der Waals surface area (Å²) in [6.45, 7) is 2.09. The lowest BCUT2D eigenvalue weighted by atomic mass is 9.90. The second-order valence-corrected chi connectivity index (χ2v) is 5.55. The van der Waals surface area contributed by atoms with Crippen LogP contribution in [0.4, 0.5) is 0 Å². The monoisotopic (exact) mass is 241 g/mol. The third-order valence-corrected chi connectivity index (χ3v) is 4.61. The Balaban J connectivity index is 2.35. The molecule has 0 radical (unpaired) electrons. The molecule has 1 nitrogen and oxygen atoms in total. The van der Waals surface area contributed by atoms with Crippen LogP contribution in [-0.4, -0.2) is 12.3 Å². The zero-order valence-electron chi connectivity index (χ0n) is 9.09. The molecule has 0 amide bonds. The molecule has 1 atom stereocenters. The summed E-state index contributed by atoms with van der Waals surface area (Å²) >= 11 is 7.89. The van der Waals surface area contributed by atoms with Crippen molar-refractivity contribution in [3.8, 4) is 0 Å². The first kappa shape index (κ1) is 11.3. The maximum atomic E-state index is 6.21. The molecular formula is C12H16ClNS. The van der Waals surface area contributed by atoms with Crippen LogP contribution in [-0.2, 0) is 5.41 Å². The van der Waals surface area contributed by atoms with Gasteiger partial charge in [-0.25, -0.2) is 0 Å². The van der Waals surface area contributed by atoms with Crippen molar-refractivity contribution in [3.05, 3.63) is 28.8 Å². The summed E-state index contributed by atoms with van der Waals surface area (Å²) < 4.78 is 0. The van der Waals surface area contributed by atoms with Crippen LogP contribution in [0.15, 0.2) is 23.1 Å². The summed E-state index contributed by atoms with van der Waals surface area (Å²) in [6.07, 6.45) is 4.43. The molecule has 1 aliphatic carbocycles. The van der Waals surface area contributed by atoms with Gasteiger partial charge in [-0.15, -0.1) is 11.8 Å². The van der Waals surface area contributed by atoms with E-state index in [1.165, 1.54) is 18.4 Å². The van der Waals surface area contributed by atoms with E-state index >= 15 is 0 Å². The maximum Gasteiger partial charge on any atom is 0.0544 e. The van der Waals surface area contributed by atoms with Crippen molar-refractivity contribution in [1.29, 1.82) is 0 Å². The number of benzene rings is 1. The lowest BCUT2D eigenvalue weighted by Gasteiger charge is -2.20. The molecule has 1 aliphatic rings. The van der Waals surface area contributed by atoms with E-state index in [0.717, 1.165) is 9.92 Å². The minimum atomic E-state index is 0.209. The molecular weight excluding hydrogens is 226 g/mol. The van der Waals surface area contributed by atoms with E-state index in [9.17, 15) is 0 Å². The van der Waals surface area contributed by atoms with Crippen molar-refractivity contribution in [2.75, 3.05) is 6.26 Å². The van der Waals surface area contributed by atoms with Crippen LogP contribution in [0.5, 0.6) is 0 Å². The summed E-state index contributed by atoms with van der Waals surface area (Å²) in [5, 5.41) is 0.854. The first-order valence-electron chi connectivity index (χ1n) is 5.20. The van der Waals surface area contributed by atoms with Gasteiger partial charge in [0.05, 0.1) is 5.02 Å². The first-order valence-corrected chi connectivity index (χ1v) is 6.80. The normalized spacial score (nSPS) is 20.0. The minimum absolute atomic E-state index is 0.209. The van der Waals surface area contributed by atoms with E-state index in [-0.39, 0.29) is 11.5 Å². The van der Waals surface area contributed by atoms with Crippen molar-refractivity contribution in [2.24, 2.45) is 5.73 Å². The van der Waals surface area contributed by atoms with E-state index in [1.54, 1.807) is 11.8 Å². The van der Waals surface area contributed by atoms with Crippen LogP contribution in [0.1, 0.15) is 25.3 Å². The zero-order chi connectivity index (χ0) is 11.1. The molecule has 0 heterocycles. The molecule has 0 aliphatic heterocycles. The lowest BCUT2D eigenvalue weighted by Crippen LogP contribution is -2.31. The van der Waals surface area contributed by atoms with Gasteiger partial charge in [0.15, 0.2) is 0 Å². The quantitative estimate of drug-likeness (QED) is 0.821. The smallest absolute Gasteiger partial charge is 0.0544 e. The Morgan fingerprint density at radius 2 is 2.13 bits per heavy atom. The molecule has 2 rings (SSSR count). The Morgan fingerprint density at radius 3 is 2.53 bits per heavy atom. The number of nitrogens with two attached hydrogens (primary N) is 1. The highest BCUT2D eigenvalue weighted by atomic mass is 35.5. The molecule has 1 unspecified atom stereocenters.